The lowest BCUT2D eigenvalue weighted by Gasteiger charge is -1.95. The molecule has 3 N–H and O–H groups in total. The van der Waals surface area contributed by atoms with Crippen molar-refractivity contribution in [3.8, 4) is 0 Å². The van der Waals surface area contributed by atoms with Gasteiger partial charge in [-0.3, -0.25) is 4.79 Å². The molecule has 2 rings (SSSR count). The topological polar surface area (TPSA) is 107 Å². The molecular formula is C8H9N5O2S. The molecule has 0 aliphatic heterocycles. The number of anilines is 1. The number of ether oxygens (including phenoxy) is 1. The van der Waals surface area contributed by atoms with Crippen LogP contribution in [0.4, 0.5) is 5.82 Å². The SMILES string of the molecule is COC(=O)CSc1nc2ncnc(N)c2[nH]1. The third-order valence-corrected chi connectivity index (χ3v) is 2.70. The number of hydrogen-bond donors (Lipinski definition) is 2. The first kappa shape index (κ1) is 10.7. The molecule has 8 heteroatoms. The van der Waals surface area contributed by atoms with Crippen LogP contribution in [0.1, 0.15) is 0 Å². The molecule has 0 bridgehead atoms. The average Bonchev–Trinajstić information content (AvgIpc) is 2.70. The summed E-state index contributed by atoms with van der Waals surface area (Å²) in [6.07, 6.45) is 1.34. The quantitative estimate of drug-likeness (QED) is 0.582. The van der Waals surface area contributed by atoms with Crippen LogP contribution < -0.4 is 5.73 Å². The minimum atomic E-state index is -0.315. The molecule has 0 amide bonds. The summed E-state index contributed by atoms with van der Waals surface area (Å²) in [6.45, 7) is 0. The van der Waals surface area contributed by atoms with E-state index in [1.807, 2.05) is 0 Å². The number of carbonyl (C=O) groups excluding carboxylic acids is 1. The lowest BCUT2D eigenvalue weighted by molar-refractivity contribution is -0.137. The van der Waals surface area contributed by atoms with Gasteiger partial charge < -0.3 is 15.5 Å². The summed E-state index contributed by atoms with van der Waals surface area (Å²) < 4.78 is 4.52. The number of H-pyrrole nitrogens is 1. The number of hydrogen-bond acceptors (Lipinski definition) is 7. The number of nitrogens with two attached hydrogens (primary N) is 1. The fraction of sp³-hybridized carbons (Fsp3) is 0.250. The Hall–Kier alpha value is -1.83. The maximum absolute atomic E-state index is 10.9. The van der Waals surface area contributed by atoms with Crippen molar-refractivity contribution in [1.29, 1.82) is 0 Å². The standard InChI is InChI=1S/C8H9N5O2S/c1-15-4(14)2-16-8-12-5-6(9)10-3-11-7(5)13-8/h3H,2H2,1H3,(H3,9,10,11,12,13). The summed E-state index contributed by atoms with van der Waals surface area (Å²) >= 11 is 1.22. The zero-order valence-corrected chi connectivity index (χ0v) is 9.24. The predicted molar refractivity (Wildman–Crippen MR) is 58.8 cm³/mol. The van der Waals surface area contributed by atoms with Crippen LogP contribution in [0.15, 0.2) is 11.5 Å². The minimum Gasteiger partial charge on any atom is -0.468 e. The molecule has 0 unspecified atom stereocenters. The van der Waals surface area contributed by atoms with E-state index >= 15 is 0 Å². The number of imidazole rings is 1. The van der Waals surface area contributed by atoms with Crippen molar-refractivity contribution in [3.05, 3.63) is 6.33 Å². The van der Waals surface area contributed by atoms with Crippen molar-refractivity contribution in [1.82, 2.24) is 19.9 Å². The van der Waals surface area contributed by atoms with Gasteiger partial charge in [0.05, 0.1) is 12.9 Å². The number of thioether (sulfide) groups is 1. The number of aromatic amines is 1. The van der Waals surface area contributed by atoms with Crippen LogP contribution in [0.3, 0.4) is 0 Å². The third kappa shape index (κ3) is 2.06. The number of aromatic nitrogens is 4. The molecule has 2 aromatic rings. The average molecular weight is 239 g/mol. The summed E-state index contributed by atoms with van der Waals surface area (Å²) in [5.74, 6) is 0.204. The van der Waals surface area contributed by atoms with Gasteiger partial charge in [0.15, 0.2) is 16.6 Å². The van der Waals surface area contributed by atoms with E-state index in [0.29, 0.717) is 22.1 Å². The minimum absolute atomic E-state index is 0.184. The second kappa shape index (κ2) is 4.35. The number of nitrogens with zero attached hydrogens (tertiary/aromatic N) is 3. The number of rotatable bonds is 3. The van der Waals surface area contributed by atoms with Crippen molar-refractivity contribution in [2.45, 2.75) is 5.16 Å². The van der Waals surface area contributed by atoms with Gasteiger partial charge in [0.25, 0.3) is 0 Å². The number of methoxy groups -OCH3 is 1. The van der Waals surface area contributed by atoms with Crippen molar-refractivity contribution >= 4 is 34.7 Å². The molecule has 0 aliphatic carbocycles. The van der Waals surface area contributed by atoms with Gasteiger partial charge in [-0.25, -0.2) is 15.0 Å². The monoisotopic (exact) mass is 239 g/mol. The molecule has 84 valence electrons. The Morgan fingerprint density at radius 2 is 2.44 bits per heavy atom. The zero-order valence-electron chi connectivity index (χ0n) is 8.43. The van der Waals surface area contributed by atoms with E-state index < -0.39 is 0 Å². The molecule has 7 nitrogen and oxygen atoms in total. The van der Waals surface area contributed by atoms with E-state index in [-0.39, 0.29) is 11.7 Å². The van der Waals surface area contributed by atoms with Gasteiger partial charge in [-0.15, -0.1) is 0 Å². The molecule has 0 fully saturated rings. The van der Waals surface area contributed by atoms with Gasteiger partial charge in [0.2, 0.25) is 0 Å². The molecule has 0 saturated carbocycles. The highest BCUT2D eigenvalue weighted by molar-refractivity contribution is 7.99. The first-order valence-electron chi connectivity index (χ1n) is 4.36. The molecule has 0 aromatic carbocycles. The van der Waals surface area contributed by atoms with E-state index in [1.165, 1.54) is 25.2 Å². The van der Waals surface area contributed by atoms with E-state index in [1.54, 1.807) is 0 Å². The number of carbonyl (C=O) groups is 1. The van der Waals surface area contributed by atoms with Crippen LogP contribution in [-0.4, -0.2) is 38.8 Å². The van der Waals surface area contributed by atoms with Crippen molar-refractivity contribution in [2.75, 3.05) is 18.6 Å². The Morgan fingerprint density at radius 3 is 3.12 bits per heavy atom. The molecule has 0 aliphatic rings. The van der Waals surface area contributed by atoms with Gasteiger partial charge in [-0.05, 0) is 0 Å². The summed E-state index contributed by atoms with van der Waals surface area (Å²) in [5, 5.41) is 0.563. The van der Waals surface area contributed by atoms with Crippen LogP contribution >= 0.6 is 11.8 Å². The molecule has 16 heavy (non-hydrogen) atoms. The number of nitrogens with one attached hydrogen (secondary N) is 1. The van der Waals surface area contributed by atoms with Crippen LogP contribution in [-0.2, 0) is 9.53 Å². The Bertz CT molecular complexity index is 526. The molecule has 0 atom stereocenters. The fourth-order valence-corrected chi connectivity index (χ4v) is 1.78. The van der Waals surface area contributed by atoms with Crippen LogP contribution in [0.2, 0.25) is 0 Å². The molecule has 2 heterocycles. The van der Waals surface area contributed by atoms with Crippen molar-refractivity contribution < 1.29 is 9.53 Å². The second-order valence-electron chi connectivity index (χ2n) is 2.86. The van der Waals surface area contributed by atoms with Crippen molar-refractivity contribution in [3.63, 3.8) is 0 Å². The molecular weight excluding hydrogens is 230 g/mol. The highest BCUT2D eigenvalue weighted by Crippen LogP contribution is 2.20. The Kier molecular flexibility index (Phi) is 2.91. The molecule has 0 spiro atoms. The molecule has 0 radical (unpaired) electrons. The van der Waals surface area contributed by atoms with Gasteiger partial charge in [0, 0.05) is 0 Å². The highest BCUT2D eigenvalue weighted by Gasteiger charge is 2.09. The fourth-order valence-electron chi connectivity index (χ4n) is 1.08. The van der Waals surface area contributed by atoms with E-state index in [4.69, 9.17) is 5.73 Å². The van der Waals surface area contributed by atoms with E-state index in [0.717, 1.165) is 0 Å². The zero-order chi connectivity index (χ0) is 11.5. The summed E-state index contributed by atoms with van der Waals surface area (Å²) in [5.41, 5.74) is 6.69. The normalized spacial score (nSPS) is 10.6. The Balaban J connectivity index is 2.20. The smallest absolute Gasteiger partial charge is 0.316 e. The van der Waals surface area contributed by atoms with Crippen LogP contribution in [0, 0.1) is 0 Å². The highest BCUT2D eigenvalue weighted by atomic mass is 32.2. The number of esters is 1. The van der Waals surface area contributed by atoms with Crippen molar-refractivity contribution in [2.24, 2.45) is 0 Å². The first-order valence-corrected chi connectivity index (χ1v) is 5.35. The van der Waals surface area contributed by atoms with Gasteiger partial charge in [-0.2, -0.15) is 0 Å². The maximum atomic E-state index is 10.9. The Morgan fingerprint density at radius 1 is 1.62 bits per heavy atom. The maximum Gasteiger partial charge on any atom is 0.316 e. The van der Waals surface area contributed by atoms with Crippen LogP contribution in [0.5, 0.6) is 0 Å². The molecule has 2 aromatic heterocycles. The van der Waals surface area contributed by atoms with Crippen LogP contribution in [0.25, 0.3) is 11.2 Å². The van der Waals surface area contributed by atoms with Gasteiger partial charge in [0.1, 0.15) is 11.8 Å². The largest absolute Gasteiger partial charge is 0.468 e. The summed E-state index contributed by atoms with van der Waals surface area (Å²) in [4.78, 5) is 25.8. The van der Waals surface area contributed by atoms with E-state index in [2.05, 4.69) is 24.7 Å². The second-order valence-corrected chi connectivity index (χ2v) is 3.83. The number of fused-ring (bicyclic) bond motifs is 1. The summed E-state index contributed by atoms with van der Waals surface area (Å²) in [6, 6.07) is 0. The predicted octanol–water partition coefficient (Wildman–Crippen LogP) is 0.200. The third-order valence-electron chi connectivity index (χ3n) is 1.85. The lowest BCUT2D eigenvalue weighted by Crippen LogP contribution is -2.03. The summed E-state index contributed by atoms with van der Waals surface area (Å²) in [7, 11) is 1.34. The Labute approximate surface area is 94.8 Å². The van der Waals surface area contributed by atoms with Gasteiger partial charge in [-0.1, -0.05) is 11.8 Å². The van der Waals surface area contributed by atoms with Gasteiger partial charge >= 0.3 is 5.97 Å². The first-order chi connectivity index (χ1) is 7.70. The molecule has 0 saturated heterocycles. The number of nitrogen functional groups attached to an aromatic ring is 1. The lowest BCUT2D eigenvalue weighted by atomic mass is 10.5. The van der Waals surface area contributed by atoms with E-state index in [9.17, 15) is 4.79 Å².